The molecular formula is C26H24FIN2O5S. The van der Waals surface area contributed by atoms with Gasteiger partial charge < -0.3 is 14.3 Å². The van der Waals surface area contributed by atoms with Crippen LogP contribution in [0.3, 0.4) is 0 Å². The van der Waals surface area contributed by atoms with Gasteiger partial charge in [0.15, 0.2) is 15.4 Å². The summed E-state index contributed by atoms with van der Waals surface area (Å²) in [4.78, 5) is 26.4. The number of benzene rings is 2. The number of rotatable bonds is 5. The van der Waals surface area contributed by atoms with E-state index < -0.39 is 26.8 Å². The second kappa shape index (κ2) is 9.47. The number of aromatic nitrogens is 1. The summed E-state index contributed by atoms with van der Waals surface area (Å²) in [5.74, 6) is -0.687. The molecule has 1 N–H and O–H groups in total. The fourth-order valence-electron chi connectivity index (χ4n) is 4.25. The number of anilines is 2. The summed E-state index contributed by atoms with van der Waals surface area (Å²) in [6.45, 7) is 5.03. The molecule has 0 amide bonds. The molecule has 2 aromatic carbocycles. The van der Waals surface area contributed by atoms with Crippen LogP contribution < -0.4 is 16.5 Å². The Kier molecular flexibility index (Phi) is 6.86. The minimum atomic E-state index is -3.30. The predicted octanol–water partition coefficient (Wildman–Crippen LogP) is 5.12. The Morgan fingerprint density at radius 1 is 1.08 bits per heavy atom. The van der Waals surface area contributed by atoms with Gasteiger partial charge in [-0.05, 0) is 78.3 Å². The lowest BCUT2D eigenvalue weighted by Crippen LogP contribution is -2.23. The SMILES string of the molecule is Cc1c(CS(C)(=O)=O)cccc1-c1c(C)n(C)c(=O)c2c(Nc3ccc(I)cc3F)c(C)c(=O)oc12. The lowest BCUT2D eigenvalue weighted by molar-refractivity contribution is 0.554. The lowest BCUT2D eigenvalue weighted by atomic mass is 9.94. The van der Waals surface area contributed by atoms with Crippen molar-refractivity contribution in [1.29, 1.82) is 0 Å². The number of sulfone groups is 1. The molecule has 0 saturated carbocycles. The number of halogens is 2. The van der Waals surface area contributed by atoms with Gasteiger partial charge >= 0.3 is 5.63 Å². The van der Waals surface area contributed by atoms with Crippen molar-refractivity contribution in [2.45, 2.75) is 26.5 Å². The second-order valence-electron chi connectivity index (χ2n) is 8.83. The predicted molar refractivity (Wildman–Crippen MR) is 148 cm³/mol. The first kappa shape index (κ1) is 26.1. The molecule has 0 radical (unpaired) electrons. The van der Waals surface area contributed by atoms with Crippen LogP contribution in [-0.2, 0) is 22.6 Å². The average molecular weight is 622 g/mol. The quantitative estimate of drug-likeness (QED) is 0.311. The first-order chi connectivity index (χ1) is 16.8. The molecule has 2 aromatic heterocycles. The lowest BCUT2D eigenvalue weighted by Gasteiger charge is -2.19. The third-order valence-corrected chi connectivity index (χ3v) is 7.79. The van der Waals surface area contributed by atoms with E-state index in [0.29, 0.717) is 31.5 Å². The van der Waals surface area contributed by atoms with E-state index >= 15 is 0 Å². The van der Waals surface area contributed by atoms with E-state index in [4.69, 9.17) is 4.42 Å². The van der Waals surface area contributed by atoms with Crippen LogP contribution >= 0.6 is 22.6 Å². The van der Waals surface area contributed by atoms with Crippen LogP contribution in [0.4, 0.5) is 15.8 Å². The Labute approximate surface area is 221 Å². The van der Waals surface area contributed by atoms with Gasteiger partial charge in [-0.25, -0.2) is 17.6 Å². The summed E-state index contributed by atoms with van der Waals surface area (Å²) in [6, 6.07) is 9.84. The number of hydrogen-bond acceptors (Lipinski definition) is 6. The van der Waals surface area contributed by atoms with E-state index in [1.165, 1.54) is 23.6 Å². The molecule has 7 nitrogen and oxygen atoms in total. The third kappa shape index (κ3) is 4.71. The van der Waals surface area contributed by atoms with Gasteiger partial charge in [-0.15, -0.1) is 0 Å². The minimum Gasteiger partial charge on any atom is -0.421 e. The molecule has 0 saturated heterocycles. The van der Waals surface area contributed by atoms with Gasteiger partial charge in [0, 0.05) is 28.1 Å². The van der Waals surface area contributed by atoms with E-state index in [0.717, 1.165) is 6.26 Å². The summed E-state index contributed by atoms with van der Waals surface area (Å²) in [5, 5.41) is 3.04. The zero-order chi connectivity index (χ0) is 26.5. The highest BCUT2D eigenvalue weighted by molar-refractivity contribution is 14.1. The second-order valence-corrected chi connectivity index (χ2v) is 12.2. The van der Waals surface area contributed by atoms with Gasteiger partial charge in [0.05, 0.1) is 22.7 Å². The largest absolute Gasteiger partial charge is 0.421 e. The van der Waals surface area contributed by atoms with E-state index in [9.17, 15) is 22.4 Å². The molecule has 2 heterocycles. The molecule has 0 atom stereocenters. The van der Waals surface area contributed by atoms with Crippen molar-refractivity contribution in [2.24, 2.45) is 7.05 Å². The molecular weight excluding hydrogens is 598 g/mol. The number of fused-ring (bicyclic) bond motifs is 1. The molecule has 188 valence electrons. The van der Waals surface area contributed by atoms with Crippen molar-refractivity contribution < 1.29 is 17.2 Å². The molecule has 0 unspecified atom stereocenters. The van der Waals surface area contributed by atoms with Crippen molar-refractivity contribution in [3.8, 4) is 11.1 Å². The summed E-state index contributed by atoms with van der Waals surface area (Å²) in [6.07, 6.45) is 1.16. The summed E-state index contributed by atoms with van der Waals surface area (Å²) < 4.78 is 46.5. The summed E-state index contributed by atoms with van der Waals surface area (Å²) >= 11 is 1.99. The Morgan fingerprint density at radius 2 is 1.78 bits per heavy atom. The number of nitrogens with zero attached hydrogens (tertiary/aromatic N) is 1. The molecule has 0 fully saturated rings. The first-order valence-corrected chi connectivity index (χ1v) is 14.1. The van der Waals surface area contributed by atoms with E-state index in [1.54, 1.807) is 45.2 Å². The molecule has 0 aliphatic heterocycles. The number of hydrogen-bond donors (Lipinski definition) is 1. The van der Waals surface area contributed by atoms with E-state index in [1.807, 2.05) is 22.6 Å². The molecule has 10 heteroatoms. The topological polar surface area (TPSA) is 98.4 Å². The molecule has 4 rings (SSSR count). The van der Waals surface area contributed by atoms with E-state index in [2.05, 4.69) is 5.32 Å². The average Bonchev–Trinajstić information content (AvgIpc) is 2.78. The van der Waals surface area contributed by atoms with Crippen LogP contribution in [0.15, 0.2) is 50.4 Å². The highest BCUT2D eigenvalue weighted by Gasteiger charge is 2.24. The first-order valence-electron chi connectivity index (χ1n) is 11.0. The standard InChI is InChI=1S/C26H24FIN2O5S/c1-13-16(12-36(5,33)34)7-6-8-18(13)21-15(3)30(4)25(31)22-23(14(2)26(32)35-24(21)22)29-20-10-9-17(28)11-19(20)27/h6-11,29H,12H2,1-5H3. The Balaban J connectivity index is 2.10. The minimum absolute atomic E-state index is 0.0548. The van der Waals surface area contributed by atoms with Crippen LogP contribution in [-0.4, -0.2) is 19.2 Å². The van der Waals surface area contributed by atoms with Crippen LogP contribution in [0.25, 0.3) is 22.1 Å². The van der Waals surface area contributed by atoms with Crippen LogP contribution in [0.5, 0.6) is 0 Å². The normalized spacial score (nSPS) is 11.8. The number of nitrogens with one attached hydrogen (secondary N) is 1. The van der Waals surface area contributed by atoms with Gasteiger partial charge in [-0.1, -0.05) is 18.2 Å². The third-order valence-electron chi connectivity index (χ3n) is 6.29. The molecule has 0 aliphatic rings. The van der Waals surface area contributed by atoms with Crippen molar-refractivity contribution in [3.05, 3.63) is 88.9 Å². The van der Waals surface area contributed by atoms with Crippen LogP contribution in [0, 0.1) is 30.2 Å². The zero-order valence-electron chi connectivity index (χ0n) is 20.3. The fraction of sp³-hybridized carbons (Fsp3) is 0.231. The van der Waals surface area contributed by atoms with E-state index in [-0.39, 0.29) is 33.7 Å². The van der Waals surface area contributed by atoms with Gasteiger partial charge in [0.1, 0.15) is 11.2 Å². The maximum atomic E-state index is 14.7. The smallest absolute Gasteiger partial charge is 0.341 e. The van der Waals surface area contributed by atoms with Gasteiger partial charge in [-0.3, -0.25) is 4.79 Å². The van der Waals surface area contributed by atoms with Crippen molar-refractivity contribution >= 4 is 54.8 Å². The van der Waals surface area contributed by atoms with Crippen LogP contribution in [0.1, 0.15) is 22.4 Å². The maximum Gasteiger partial charge on any atom is 0.341 e. The van der Waals surface area contributed by atoms with Crippen molar-refractivity contribution in [1.82, 2.24) is 4.57 Å². The zero-order valence-corrected chi connectivity index (χ0v) is 23.3. The summed E-state index contributed by atoms with van der Waals surface area (Å²) in [7, 11) is -1.70. The Morgan fingerprint density at radius 3 is 2.42 bits per heavy atom. The Hall–Kier alpha value is -2.99. The molecule has 0 spiro atoms. The molecule has 4 aromatic rings. The number of pyridine rings is 1. The van der Waals surface area contributed by atoms with Crippen molar-refractivity contribution in [3.63, 3.8) is 0 Å². The highest BCUT2D eigenvalue weighted by atomic mass is 127. The maximum absolute atomic E-state index is 14.7. The van der Waals surface area contributed by atoms with Crippen LogP contribution in [0.2, 0.25) is 0 Å². The molecule has 0 bridgehead atoms. The van der Waals surface area contributed by atoms with Gasteiger partial charge in [0.2, 0.25) is 0 Å². The monoisotopic (exact) mass is 622 g/mol. The van der Waals surface area contributed by atoms with Crippen molar-refractivity contribution in [2.75, 3.05) is 11.6 Å². The highest BCUT2D eigenvalue weighted by Crippen LogP contribution is 2.37. The molecule has 36 heavy (non-hydrogen) atoms. The van der Waals surface area contributed by atoms with Gasteiger partial charge in [0.25, 0.3) is 5.56 Å². The summed E-state index contributed by atoms with van der Waals surface area (Å²) in [5.41, 5.74) is 2.31. The Bertz CT molecular complexity index is 1770. The fourth-order valence-corrected chi connectivity index (χ4v) is 5.58. The van der Waals surface area contributed by atoms with Gasteiger partial charge in [-0.2, -0.15) is 0 Å². The molecule has 0 aliphatic carbocycles.